The Morgan fingerprint density at radius 2 is 1.74 bits per heavy atom. The van der Waals surface area contributed by atoms with Gasteiger partial charge in [0.2, 0.25) is 0 Å². The number of amides is 1. The maximum Gasteiger partial charge on any atom is 0.392 e. The van der Waals surface area contributed by atoms with Gasteiger partial charge in [-0.3, -0.25) is 14.6 Å². The molecule has 1 amide bonds. The highest BCUT2D eigenvalue weighted by Crippen LogP contribution is 2.21. The van der Waals surface area contributed by atoms with Crippen molar-refractivity contribution >= 4 is 11.7 Å². The number of halogens is 3. The number of ketones is 1. The number of carbonyl (C=O) groups is 2. The first kappa shape index (κ1) is 24.4. The molecule has 2 aromatic rings. The Bertz CT molecular complexity index is 909. The molecule has 1 N–H and O–H groups in total. The third kappa shape index (κ3) is 8.03. The lowest BCUT2D eigenvalue weighted by Crippen LogP contribution is -2.27. The van der Waals surface area contributed by atoms with Crippen LogP contribution in [0.2, 0.25) is 0 Å². The van der Waals surface area contributed by atoms with Crippen molar-refractivity contribution in [2.24, 2.45) is 5.92 Å². The zero-order chi connectivity index (χ0) is 23.2. The number of hydrogen-bond acceptors (Lipinski definition) is 4. The van der Waals surface area contributed by atoms with Gasteiger partial charge in [-0.1, -0.05) is 13.8 Å². The van der Waals surface area contributed by atoms with E-state index in [0.717, 1.165) is 11.3 Å². The first-order chi connectivity index (χ1) is 14.4. The molecule has 1 aromatic heterocycles. The van der Waals surface area contributed by atoms with Crippen molar-refractivity contribution in [3.8, 4) is 5.75 Å². The Balaban J connectivity index is 2.00. The fourth-order valence-electron chi connectivity index (χ4n) is 2.84. The molecule has 0 spiro atoms. The van der Waals surface area contributed by atoms with Crippen LogP contribution in [0.15, 0.2) is 36.4 Å². The molecule has 0 bridgehead atoms. The molecular weight excluding hydrogens is 409 g/mol. The minimum atomic E-state index is -4.27. The standard InChI is InChI=1S/C23H27F3N2O3/c1-14(2)21(29)13-19-12-18(11-15(3)27-19)16(4)28-22(30)17-5-7-20(8-6-17)31-10-9-23(24,25)26/h5-8,11-12,14,16H,9-10,13H2,1-4H3,(H,28,30). The summed E-state index contributed by atoms with van der Waals surface area (Å²) in [5.74, 6) is -0.0525. The van der Waals surface area contributed by atoms with Crippen molar-refractivity contribution in [2.75, 3.05) is 6.61 Å². The summed E-state index contributed by atoms with van der Waals surface area (Å²) in [6, 6.07) is 9.25. The number of nitrogens with one attached hydrogen (secondary N) is 1. The average molecular weight is 436 g/mol. The van der Waals surface area contributed by atoms with Gasteiger partial charge < -0.3 is 10.1 Å². The van der Waals surface area contributed by atoms with E-state index in [1.807, 2.05) is 39.8 Å². The molecule has 1 aromatic carbocycles. The van der Waals surface area contributed by atoms with Crippen LogP contribution < -0.4 is 10.1 Å². The molecule has 5 nitrogen and oxygen atoms in total. The van der Waals surface area contributed by atoms with Crippen LogP contribution in [-0.2, 0) is 11.2 Å². The molecule has 168 valence electrons. The quantitative estimate of drug-likeness (QED) is 0.602. The molecular formula is C23H27F3N2O3. The highest BCUT2D eigenvalue weighted by Gasteiger charge is 2.26. The molecule has 0 saturated heterocycles. The zero-order valence-corrected chi connectivity index (χ0v) is 18.0. The van der Waals surface area contributed by atoms with E-state index in [-0.39, 0.29) is 35.8 Å². The molecule has 1 atom stereocenters. The van der Waals surface area contributed by atoms with Gasteiger partial charge in [0, 0.05) is 29.3 Å². The van der Waals surface area contributed by atoms with E-state index in [9.17, 15) is 22.8 Å². The van der Waals surface area contributed by atoms with Gasteiger partial charge in [0.05, 0.1) is 19.1 Å². The summed E-state index contributed by atoms with van der Waals surface area (Å²) in [6.07, 6.45) is -5.07. The Hall–Kier alpha value is -2.90. The highest BCUT2D eigenvalue weighted by atomic mass is 19.4. The van der Waals surface area contributed by atoms with Crippen molar-refractivity contribution in [1.82, 2.24) is 10.3 Å². The van der Waals surface area contributed by atoms with E-state index in [1.165, 1.54) is 24.3 Å². The molecule has 0 aliphatic heterocycles. The van der Waals surface area contributed by atoms with Gasteiger partial charge in [0.1, 0.15) is 11.5 Å². The lowest BCUT2D eigenvalue weighted by molar-refractivity contribution is -0.139. The molecule has 31 heavy (non-hydrogen) atoms. The maximum atomic E-state index is 12.6. The summed E-state index contributed by atoms with van der Waals surface area (Å²) >= 11 is 0. The molecule has 0 aliphatic rings. The Kier molecular flexibility index (Phi) is 8.19. The van der Waals surface area contributed by atoms with Gasteiger partial charge in [0.15, 0.2) is 0 Å². The van der Waals surface area contributed by atoms with E-state index < -0.39 is 19.2 Å². The van der Waals surface area contributed by atoms with Crippen LogP contribution in [0.1, 0.15) is 60.5 Å². The molecule has 1 unspecified atom stereocenters. The van der Waals surface area contributed by atoms with Crippen LogP contribution >= 0.6 is 0 Å². The number of benzene rings is 1. The number of Topliss-reactive ketones (excluding diaryl/α,β-unsaturated/α-hetero) is 1. The number of ether oxygens (including phenoxy) is 1. The summed E-state index contributed by atoms with van der Waals surface area (Å²) in [7, 11) is 0. The molecule has 0 radical (unpaired) electrons. The van der Waals surface area contributed by atoms with Gasteiger partial charge in [0.25, 0.3) is 5.91 Å². The smallest absolute Gasteiger partial charge is 0.392 e. The summed E-state index contributed by atoms with van der Waals surface area (Å²) < 4.78 is 41.6. The zero-order valence-electron chi connectivity index (χ0n) is 18.0. The number of pyridine rings is 1. The average Bonchev–Trinajstić information content (AvgIpc) is 2.66. The van der Waals surface area contributed by atoms with Crippen LogP contribution in [0.5, 0.6) is 5.75 Å². The first-order valence-corrected chi connectivity index (χ1v) is 10.1. The summed E-state index contributed by atoms with van der Waals surface area (Å²) in [5, 5.41) is 2.88. The molecule has 0 saturated carbocycles. The van der Waals surface area contributed by atoms with Crippen LogP contribution in [0.4, 0.5) is 13.2 Å². The van der Waals surface area contributed by atoms with Crippen molar-refractivity contribution in [3.05, 3.63) is 58.9 Å². The van der Waals surface area contributed by atoms with Gasteiger partial charge in [-0.25, -0.2) is 0 Å². The fraction of sp³-hybridized carbons (Fsp3) is 0.435. The third-order valence-corrected chi connectivity index (χ3v) is 4.65. The van der Waals surface area contributed by atoms with Gasteiger partial charge >= 0.3 is 6.18 Å². The van der Waals surface area contributed by atoms with E-state index in [4.69, 9.17) is 4.74 Å². The lowest BCUT2D eigenvalue weighted by Gasteiger charge is -2.16. The van der Waals surface area contributed by atoms with E-state index in [0.29, 0.717) is 11.3 Å². The van der Waals surface area contributed by atoms with Crippen molar-refractivity contribution in [2.45, 2.75) is 52.8 Å². The van der Waals surface area contributed by atoms with Gasteiger partial charge in [-0.15, -0.1) is 0 Å². The fourth-order valence-corrected chi connectivity index (χ4v) is 2.84. The van der Waals surface area contributed by atoms with Gasteiger partial charge in [-0.2, -0.15) is 13.2 Å². The molecule has 8 heteroatoms. The third-order valence-electron chi connectivity index (χ3n) is 4.65. The second-order valence-electron chi connectivity index (χ2n) is 7.76. The van der Waals surface area contributed by atoms with Crippen molar-refractivity contribution < 1.29 is 27.5 Å². The van der Waals surface area contributed by atoms with Crippen LogP contribution in [-0.4, -0.2) is 29.5 Å². The monoisotopic (exact) mass is 436 g/mol. The second-order valence-corrected chi connectivity index (χ2v) is 7.76. The SMILES string of the molecule is Cc1cc(C(C)NC(=O)c2ccc(OCCC(F)(F)F)cc2)cc(CC(=O)C(C)C)n1. The van der Waals surface area contributed by atoms with E-state index >= 15 is 0 Å². The van der Waals surface area contributed by atoms with E-state index in [1.54, 1.807) is 0 Å². The van der Waals surface area contributed by atoms with Crippen molar-refractivity contribution in [1.29, 1.82) is 0 Å². The van der Waals surface area contributed by atoms with Crippen molar-refractivity contribution in [3.63, 3.8) is 0 Å². The Morgan fingerprint density at radius 1 is 1.10 bits per heavy atom. The molecule has 0 fully saturated rings. The first-order valence-electron chi connectivity index (χ1n) is 10.1. The second kappa shape index (κ2) is 10.4. The predicted octanol–water partition coefficient (Wildman–Crippen LogP) is 4.98. The number of carbonyl (C=O) groups excluding carboxylic acids is 2. The number of alkyl halides is 3. The topological polar surface area (TPSA) is 68.3 Å². The maximum absolute atomic E-state index is 12.6. The Morgan fingerprint density at radius 3 is 2.32 bits per heavy atom. The molecule has 0 aliphatic carbocycles. The largest absolute Gasteiger partial charge is 0.493 e. The van der Waals surface area contributed by atoms with Crippen LogP contribution in [0, 0.1) is 12.8 Å². The number of aryl methyl sites for hydroxylation is 1. The van der Waals surface area contributed by atoms with E-state index in [2.05, 4.69) is 10.3 Å². The minimum Gasteiger partial charge on any atom is -0.493 e. The molecule has 2 rings (SSSR count). The number of rotatable bonds is 9. The molecule has 1 heterocycles. The van der Waals surface area contributed by atoms with Crippen LogP contribution in [0.3, 0.4) is 0 Å². The predicted molar refractivity (Wildman–Crippen MR) is 111 cm³/mol. The minimum absolute atomic E-state index is 0.0803. The summed E-state index contributed by atoms with van der Waals surface area (Å²) in [4.78, 5) is 29.0. The number of aromatic nitrogens is 1. The Labute approximate surface area is 180 Å². The summed E-state index contributed by atoms with van der Waals surface area (Å²) in [5.41, 5.74) is 2.61. The normalized spacial score (nSPS) is 12.5. The van der Waals surface area contributed by atoms with Crippen LogP contribution in [0.25, 0.3) is 0 Å². The summed E-state index contributed by atoms with van der Waals surface area (Å²) in [6.45, 7) is 6.87. The van der Waals surface area contributed by atoms with Gasteiger partial charge in [-0.05, 0) is 55.8 Å². The highest BCUT2D eigenvalue weighted by molar-refractivity contribution is 5.94. The number of hydrogen-bond donors (Lipinski definition) is 1. The lowest BCUT2D eigenvalue weighted by atomic mass is 10.0. The number of nitrogens with zero attached hydrogens (tertiary/aromatic N) is 1.